The molecular formula is C38H49F2N9O5S. The lowest BCUT2D eigenvalue weighted by Gasteiger charge is -2.35. The summed E-state index contributed by atoms with van der Waals surface area (Å²) in [6.07, 6.45) is 3.35. The number of anilines is 3. The summed E-state index contributed by atoms with van der Waals surface area (Å²) in [5.41, 5.74) is 3.87. The second kappa shape index (κ2) is 15.3. The van der Waals surface area contributed by atoms with Crippen LogP contribution in [0.5, 0.6) is 11.8 Å². The van der Waals surface area contributed by atoms with Crippen LogP contribution in [0.1, 0.15) is 55.1 Å². The zero-order chi connectivity index (χ0) is 38.3. The SMILES string of the molecule is CCc1c(F)ccc2cc(OCOC)cc(N3CCc4c(nc(OC[C@@]56CCCN5C[C@H](F)C6)nc4N4CCCn5nc(NCS(=O)(=O)NC)cc5C4)C3)c12. The molecule has 0 saturated carbocycles. The minimum absolute atomic E-state index is 0.0797. The molecule has 2 aromatic carbocycles. The molecule has 2 atom stereocenters. The third-order valence-electron chi connectivity index (χ3n) is 11.5. The highest BCUT2D eigenvalue weighted by Crippen LogP contribution is 2.42. The van der Waals surface area contributed by atoms with Gasteiger partial charge in [-0.05, 0) is 68.8 Å². The Balaban J connectivity index is 1.15. The number of benzene rings is 2. The second-order valence-electron chi connectivity index (χ2n) is 14.9. The lowest BCUT2D eigenvalue weighted by atomic mass is 9.95. The minimum atomic E-state index is -3.48. The van der Waals surface area contributed by atoms with Crippen molar-refractivity contribution in [3.63, 3.8) is 0 Å². The molecule has 0 amide bonds. The van der Waals surface area contributed by atoms with Crippen LogP contribution < -0.4 is 29.3 Å². The lowest BCUT2D eigenvalue weighted by Crippen LogP contribution is -2.43. The number of alkyl halides is 1. The molecular weight excluding hydrogens is 733 g/mol. The molecule has 2 N–H and O–H groups in total. The van der Waals surface area contributed by atoms with Crippen LogP contribution in [0.2, 0.25) is 0 Å². The topological polar surface area (TPSA) is 139 Å². The number of fused-ring (bicyclic) bond motifs is 4. The number of nitrogens with zero attached hydrogens (tertiary/aromatic N) is 7. The molecule has 6 heterocycles. The summed E-state index contributed by atoms with van der Waals surface area (Å²) >= 11 is 0. The molecule has 4 aromatic rings. The van der Waals surface area contributed by atoms with E-state index in [4.69, 9.17) is 24.2 Å². The third kappa shape index (κ3) is 7.50. The predicted octanol–water partition coefficient (Wildman–Crippen LogP) is 4.36. The minimum Gasteiger partial charge on any atom is -0.467 e. The quantitative estimate of drug-likeness (QED) is 0.187. The number of aromatic nitrogens is 4. The Kier molecular flexibility index (Phi) is 10.5. The first-order valence-corrected chi connectivity index (χ1v) is 20.7. The molecule has 2 fully saturated rings. The summed E-state index contributed by atoms with van der Waals surface area (Å²) < 4.78 is 76.0. The van der Waals surface area contributed by atoms with Crippen molar-refractivity contribution in [2.75, 3.05) is 74.7 Å². The van der Waals surface area contributed by atoms with Gasteiger partial charge in [0.25, 0.3) is 0 Å². The van der Waals surface area contributed by atoms with Crippen LogP contribution in [0.3, 0.4) is 0 Å². The van der Waals surface area contributed by atoms with Crippen molar-refractivity contribution in [3.05, 3.63) is 58.7 Å². The monoisotopic (exact) mass is 781 g/mol. The Morgan fingerprint density at radius 1 is 1.04 bits per heavy atom. The smallest absolute Gasteiger partial charge is 0.318 e. The average molecular weight is 782 g/mol. The third-order valence-corrected chi connectivity index (χ3v) is 12.6. The fourth-order valence-electron chi connectivity index (χ4n) is 8.81. The van der Waals surface area contributed by atoms with E-state index in [1.165, 1.54) is 13.1 Å². The average Bonchev–Trinajstić information content (AvgIpc) is 3.81. The Morgan fingerprint density at radius 2 is 1.91 bits per heavy atom. The number of halogens is 2. The number of hydrogen-bond acceptors (Lipinski definition) is 12. The van der Waals surface area contributed by atoms with Crippen LogP contribution >= 0.6 is 0 Å². The fraction of sp³-hybridized carbons (Fsp3) is 0.553. The number of hydrogen-bond donors (Lipinski definition) is 2. The van der Waals surface area contributed by atoms with Gasteiger partial charge in [-0.1, -0.05) is 13.0 Å². The van der Waals surface area contributed by atoms with E-state index in [1.807, 2.05) is 29.8 Å². The van der Waals surface area contributed by atoms with Gasteiger partial charge in [0.1, 0.15) is 41.9 Å². The lowest BCUT2D eigenvalue weighted by molar-refractivity contribution is 0.0512. The van der Waals surface area contributed by atoms with Gasteiger partial charge in [-0.3, -0.25) is 9.58 Å². The van der Waals surface area contributed by atoms with Crippen molar-refractivity contribution in [2.45, 2.75) is 76.8 Å². The van der Waals surface area contributed by atoms with Gasteiger partial charge in [0, 0.05) is 68.5 Å². The predicted molar refractivity (Wildman–Crippen MR) is 205 cm³/mol. The van der Waals surface area contributed by atoms with E-state index in [0.717, 1.165) is 65.0 Å². The highest BCUT2D eigenvalue weighted by atomic mass is 32.2. The number of methoxy groups -OCH3 is 1. The molecule has 4 aliphatic heterocycles. The van der Waals surface area contributed by atoms with E-state index < -0.39 is 16.2 Å². The van der Waals surface area contributed by atoms with Crippen molar-refractivity contribution in [2.24, 2.45) is 0 Å². The van der Waals surface area contributed by atoms with Crippen LogP contribution in [-0.4, -0.2) is 104 Å². The van der Waals surface area contributed by atoms with Crippen LogP contribution in [0.4, 0.5) is 26.1 Å². The molecule has 0 spiro atoms. The highest BCUT2D eigenvalue weighted by molar-refractivity contribution is 7.89. The Labute approximate surface area is 320 Å². The fourth-order valence-corrected chi connectivity index (χ4v) is 9.29. The van der Waals surface area contributed by atoms with E-state index in [-0.39, 0.29) is 30.0 Å². The van der Waals surface area contributed by atoms with E-state index in [9.17, 15) is 12.8 Å². The first-order valence-electron chi connectivity index (χ1n) is 19.1. The number of nitrogens with one attached hydrogen (secondary N) is 2. The number of sulfonamides is 1. The van der Waals surface area contributed by atoms with Gasteiger partial charge in [-0.2, -0.15) is 15.1 Å². The number of ether oxygens (including phenoxy) is 3. The van der Waals surface area contributed by atoms with Gasteiger partial charge in [0.05, 0.1) is 30.0 Å². The van der Waals surface area contributed by atoms with Crippen molar-refractivity contribution < 1.29 is 31.4 Å². The molecule has 0 bridgehead atoms. The van der Waals surface area contributed by atoms with Gasteiger partial charge in [-0.15, -0.1) is 0 Å². The Hall–Kier alpha value is -4.32. The van der Waals surface area contributed by atoms with E-state index in [0.29, 0.717) is 82.3 Å². The molecule has 2 saturated heterocycles. The molecule has 0 radical (unpaired) electrons. The maximum atomic E-state index is 15.3. The second-order valence-corrected chi connectivity index (χ2v) is 16.8. The largest absolute Gasteiger partial charge is 0.467 e. The Morgan fingerprint density at radius 3 is 2.73 bits per heavy atom. The van der Waals surface area contributed by atoms with Crippen LogP contribution in [0.25, 0.3) is 10.8 Å². The van der Waals surface area contributed by atoms with Crippen molar-refractivity contribution in [1.29, 1.82) is 0 Å². The maximum Gasteiger partial charge on any atom is 0.318 e. The highest BCUT2D eigenvalue weighted by Gasteiger charge is 2.49. The van der Waals surface area contributed by atoms with Crippen LogP contribution in [0.15, 0.2) is 30.3 Å². The maximum absolute atomic E-state index is 15.3. The molecule has 296 valence electrons. The molecule has 17 heteroatoms. The molecule has 8 rings (SSSR count). The summed E-state index contributed by atoms with van der Waals surface area (Å²) in [4.78, 5) is 16.8. The molecule has 0 aliphatic carbocycles. The normalized spacial score (nSPS) is 21.4. The van der Waals surface area contributed by atoms with Crippen molar-refractivity contribution in [3.8, 4) is 11.8 Å². The van der Waals surface area contributed by atoms with Crippen molar-refractivity contribution >= 4 is 38.1 Å². The summed E-state index contributed by atoms with van der Waals surface area (Å²) in [5.74, 6) is 1.35. The standard InChI is InChI=1S/C38H49F2N9O5S/c1-4-29-31(40)8-7-25-15-28(54-24-52-3)17-33(35(25)29)46-14-9-30-32(21-46)43-37(53-22-38-10-5-12-48(38)19-26(39)18-38)44-36(30)47-11-6-13-49-27(20-47)16-34(45-49)42-23-55(50,51)41-2/h7-8,15-17,26,41H,4-6,9-14,18-24H2,1-3H3,(H,42,45)/t26-,38+/m1/s1. The van der Waals surface area contributed by atoms with Gasteiger partial charge in [0.15, 0.2) is 6.79 Å². The summed E-state index contributed by atoms with van der Waals surface area (Å²) in [6, 6.07) is 9.30. The zero-order valence-electron chi connectivity index (χ0n) is 31.6. The summed E-state index contributed by atoms with van der Waals surface area (Å²) in [6.45, 7) is 6.53. The molecule has 55 heavy (non-hydrogen) atoms. The van der Waals surface area contributed by atoms with Crippen LogP contribution in [-0.2, 0) is 47.2 Å². The van der Waals surface area contributed by atoms with E-state index >= 15 is 4.39 Å². The van der Waals surface area contributed by atoms with Gasteiger partial charge < -0.3 is 29.3 Å². The molecule has 14 nitrogen and oxygen atoms in total. The Bertz CT molecular complexity index is 2170. The number of aryl methyl sites for hydroxylation is 2. The van der Waals surface area contributed by atoms with Gasteiger partial charge in [-0.25, -0.2) is 21.9 Å². The number of rotatable bonds is 13. The molecule has 2 aromatic heterocycles. The summed E-state index contributed by atoms with van der Waals surface area (Å²) in [5, 5.41) is 9.30. The molecule has 4 aliphatic rings. The van der Waals surface area contributed by atoms with E-state index in [1.54, 1.807) is 13.2 Å². The van der Waals surface area contributed by atoms with Crippen LogP contribution in [0, 0.1) is 5.82 Å². The van der Waals surface area contributed by atoms with Gasteiger partial charge >= 0.3 is 6.01 Å². The molecule has 0 unspecified atom stereocenters. The van der Waals surface area contributed by atoms with E-state index in [2.05, 4.69) is 29.8 Å². The first kappa shape index (κ1) is 37.6. The van der Waals surface area contributed by atoms with Crippen molar-refractivity contribution in [1.82, 2.24) is 29.4 Å². The first-order chi connectivity index (χ1) is 26.6. The van der Waals surface area contributed by atoms with Gasteiger partial charge in [0.2, 0.25) is 10.0 Å². The zero-order valence-corrected chi connectivity index (χ0v) is 32.4. The summed E-state index contributed by atoms with van der Waals surface area (Å²) in [7, 11) is -0.524.